The van der Waals surface area contributed by atoms with E-state index >= 15 is 0 Å². The second-order valence-electron chi connectivity index (χ2n) is 4.67. The number of aliphatic hydroxyl groups excluding tert-OH is 1. The molecule has 0 aliphatic heterocycles. The lowest BCUT2D eigenvalue weighted by Gasteiger charge is -2.09. The number of amides is 1. The topological polar surface area (TPSA) is 90.9 Å². The molecule has 3 rings (SSSR count). The summed E-state index contributed by atoms with van der Waals surface area (Å²) in [6, 6.07) is 18.4. The molecule has 0 spiro atoms. The molecule has 2 aromatic carbocycles. The minimum Gasteiger partial charge on any atom is -0.373 e. The molecule has 0 saturated heterocycles. The van der Waals surface area contributed by atoms with Crippen molar-refractivity contribution >= 4 is 23.4 Å². The third-order valence-corrected chi connectivity index (χ3v) is 3.85. The van der Waals surface area contributed by atoms with Crippen LogP contribution in [0.1, 0.15) is 0 Å². The van der Waals surface area contributed by atoms with Gasteiger partial charge >= 0.3 is 0 Å². The maximum atomic E-state index is 11.9. The molecule has 1 heterocycles. The Kier molecular flexibility index (Phi) is 4.70. The molecular weight excluding hydrogens is 312 g/mol. The lowest BCUT2D eigenvalue weighted by molar-refractivity contribution is -0.120. The van der Waals surface area contributed by atoms with Crippen molar-refractivity contribution in [1.29, 1.82) is 0 Å². The number of aromatic nitrogens is 3. The molecule has 0 radical (unpaired) electrons. The van der Waals surface area contributed by atoms with Gasteiger partial charge in [-0.25, -0.2) is 0 Å². The van der Waals surface area contributed by atoms with Crippen LogP contribution in [-0.2, 0) is 4.79 Å². The highest BCUT2D eigenvalue weighted by Crippen LogP contribution is 2.22. The van der Waals surface area contributed by atoms with Crippen molar-refractivity contribution in [1.82, 2.24) is 15.2 Å². The number of nitrogens with zero attached hydrogens (tertiary/aromatic N) is 2. The van der Waals surface area contributed by atoms with Gasteiger partial charge < -0.3 is 15.4 Å². The van der Waals surface area contributed by atoms with E-state index in [0.29, 0.717) is 16.7 Å². The van der Waals surface area contributed by atoms with Crippen LogP contribution >= 0.6 is 11.8 Å². The van der Waals surface area contributed by atoms with Gasteiger partial charge in [0.25, 0.3) is 5.91 Å². The van der Waals surface area contributed by atoms with Gasteiger partial charge in [-0.2, -0.15) is 0 Å². The Hall–Kier alpha value is -2.64. The zero-order valence-corrected chi connectivity index (χ0v) is 12.8. The number of benzene rings is 2. The summed E-state index contributed by atoms with van der Waals surface area (Å²) in [5.74, 6) is 0.0719. The highest BCUT2D eigenvalue weighted by Gasteiger charge is 2.19. The van der Waals surface area contributed by atoms with Crippen LogP contribution in [0, 0.1) is 0 Å². The number of hydrogen-bond donors (Lipinski definition) is 3. The number of aliphatic hydroxyl groups is 1. The third-order valence-electron chi connectivity index (χ3n) is 3.00. The van der Waals surface area contributed by atoms with Gasteiger partial charge in [0.1, 0.15) is 0 Å². The maximum Gasteiger partial charge on any atom is 0.264 e. The minimum atomic E-state index is -1.29. The normalized spacial score (nSPS) is 11.9. The standard InChI is InChI=1S/C16H14N4O2S/c21-14(17-12-9-5-2-6-10-12)15(22)23-16-18-13(19-20-16)11-7-3-1-4-8-11/h1-10,15,22H,(H,17,21)(H,18,19,20). The molecule has 1 atom stereocenters. The number of aromatic amines is 1. The summed E-state index contributed by atoms with van der Waals surface area (Å²) >= 11 is 0.901. The zero-order valence-electron chi connectivity index (χ0n) is 12.0. The largest absolute Gasteiger partial charge is 0.373 e. The third kappa shape index (κ3) is 3.97. The van der Waals surface area contributed by atoms with Crippen LogP contribution in [-0.4, -0.2) is 31.6 Å². The molecule has 23 heavy (non-hydrogen) atoms. The predicted octanol–water partition coefficient (Wildman–Crippen LogP) is 2.52. The van der Waals surface area contributed by atoms with Gasteiger partial charge in [-0.3, -0.25) is 4.79 Å². The van der Waals surface area contributed by atoms with Crippen molar-refractivity contribution in [2.24, 2.45) is 0 Å². The molecule has 0 aliphatic carbocycles. The molecule has 7 heteroatoms. The fourth-order valence-corrected chi connectivity index (χ4v) is 2.53. The van der Waals surface area contributed by atoms with E-state index in [0.717, 1.165) is 17.3 Å². The number of nitrogens with one attached hydrogen (secondary N) is 2. The molecule has 1 amide bonds. The average molecular weight is 326 g/mol. The molecule has 6 nitrogen and oxygen atoms in total. The fourth-order valence-electron chi connectivity index (χ4n) is 1.91. The van der Waals surface area contributed by atoms with Crippen molar-refractivity contribution in [3.8, 4) is 11.4 Å². The van der Waals surface area contributed by atoms with Gasteiger partial charge in [0.05, 0.1) is 0 Å². The van der Waals surface area contributed by atoms with Crippen LogP contribution in [0.25, 0.3) is 11.4 Å². The first kappa shape index (κ1) is 15.3. The van der Waals surface area contributed by atoms with Crippen LogP contribution in [0.4, 0.5) is 5.69 Å². The molecule has 1 unspecified atom stereocenters. The Morgan fingerprint density at radius 3 is 2.39 bits per heavy atom. The van der Waals surface area contributed by atoms with E-state index in [1.165, 1.54) is 0 Å². The Morgan fingerprint density at radius 1 is 1.04 bits per heavy atom. The van der Waals surface area contributed by atoms with Crippen LogP contribution in [0.2, 0.25) is 0 Å². The number of para-hydroxylation sites is 1. The number of thioether (sulfide) groups is 1. The van der Waals surface area contributed by atoms with Gasteiger partial charge in [0, 0.05) is 11.3 Å². The number of H-pyrrole nitrogens is 1. The molecule has 0 aliphatic rings. The molecule has 3 aromatic rings. The van der Waals surface area contributed by atoms with Gasteiger partial charge in [-0.1, -0.05) is 48.5 Å². The van der Waals surface area contributed by atoms with E-state index in [1.807, 2.05) is 36.4 Å². The lowest BCUT2D eigenvalue weighted by Crippen LogP contribution is -2.24. The molecule has 0 bridgehead atoms. The minimum absolute atomic E-state index is 0.375. The summed E-state index contributed by atoms with van der Waals surface area (Å²) in [6.07, 6.45) is 0. The van der Waals surface area contributed by atoms with Crippen LogP contribution in [0.5, 0.6) is 0 Å². The van der Waals surface area contributed by atoms with E-state index in [4.69, 9.17) is 0 Å². The zero-order chi connectivity index (χ0) is 16.1. The number of carbonyl (C=O) groups is 1. The summed E-state index contributed by atoms with van der Waals surface area (Å²) in [4.78, 5) is 14.9. The quantitative estimate of drug-likeness (QED) is 0.495. The van der Waals surface area contributed by atoms with Crippen molar-refractivity contribution < 1.29 is 9.90 Å². The Labute approximate surface area is 137 Å². The first-order valence-electron chi connectivity index (χ1n) is 6.91. The fraction of sp³-hybridized carbons (Fsp3) is 0.0625. The van der Waals surface area contributed by atoms with Gasteiger partial charge in [0.2, 0.25) is 0 Å². The van der Waals surface area contributed by atoms with E-state index in [-0.39, 0.29) is 0 Å². The number of hydrogen-bond acceptors (Lipinski definition) is 5. The van der Waals surface area contributed by atoms with Gasteiger partial charge in [-0.05, 0) is 23.9 Å². The van der Waals surface area contributed by atoms with Crippen molar-refractivity contribution in [2.75, 3.05) is 5.32 Å². The summed E-state index contributed by atoms with van der Waals surface area (Å²) in [5.41, 5.74) is 0.224. The van der Waals surface area contributed by atoms with E-state index < -0.39 is 11.3 Å². The second kappa shape index (κ2) is 7.08. The summed E-state index contributed by atoms with van der Waals surface area (Å²) in [5, 5.41) is 20.9. The highest BCUT2D eigenvalue weighted by atomic mass is 32.2. The van der Waals surface area contributed by atoms with Crippen molar-refractivity contribution in [2.45, 2.75) is 10.6 Å². The smallest absolute Gasteiger partial charge is 0.264 e. The summed E-state index contributed by atoms with van der Waals surface area (Å²) < 4.78 is 0. The van der Waals surface area contributed by atoms with Gasteiger partial charge in [0.15, 0.2) is 16.4 Å². The first-order chi connectivity index (χ1) is 11.2. The Bertz CT molecular complexity index is 777. The molecule has 0 fully saturated rings. The monoisotopic (exact) mass is 326 g/mol. The van der Waals surface area contributed by atoms with E-state index in [9.17, 15) is 9.90 Å². The SMILES string of the molecule is O=C(Nc1ccccc1)C(O)Sc1nnc(-c2ccccc2)[nH]1. The Balaban J connectivity index is 1.63. The van der Waals surface area contributed by atoms with Crippen molar-refractivity contribution in [3.05, 3.63) is 60.7 Å². The molecule has 3 N–H and O–H groups in total. The second-order valence-corrected chi connectivity index (χ2v) is 5.74. The van der Waals surface area contributed by atoms with Crippen molar-refractivity contribution in [3.63, 3.8) is 0 Å². The van der Waals surface area contributed by atoms with Crippen LogP contribution < -0.4 is 5.32 Å². The first-order valence-corrected chi connectivity index (χ1v) is 7.79. The predicted molar refractivity (Wildman–Crippen MR) is 88.8 cm³/mol. The number of carbonyl (C=O) groups excluding carboxylic acids is 1. The summed E-state index contributed by atoms with van der Waals surface area (Å²) in [7, 11) is 0. The van der Waals surface area contributed by atoms with E-state index in [1.54, 1.807) is 24.3 Å². The molecular formula is C16H14N4O2S. The van der Waals surface area contributed by atoms with E-state index in [2.05, 4.69) is 20.5 Å². The molecule has 1 aromatic heterocycles. The highest BCUT2D eigenvalue weighted by molar-refractivity contribution is 8.00. The van der Waals surface area contributed by atoms with Crippen LogP contribution in [0.15, 0.2) is 65.8 Å². The Morgan fingerprint density at radius 2 is 1.70 bits per heavy atom. The lowest BCUT2D eigenvalue weighted by atomic mass is 10.2. The molecule has 0 saturated carbocycles. The molecule has 116 valence electrons. The van der Waals surface area contributed by atoms with Gasteiger partial charge in [-0.15, -0.1) is 10.2 Å². The maximum absolute atomic E-state index is 11.9. The number of anilines is 1. The van der Waals surface area contributed by atoms with Crippen LogP contribution in [0.3, 0.4) is 0 Å². The average Bonchev–Trinajstić information content (AvgIpc) is 3.05. The summed E-state index contributed by atoms with van der Waals surface area (Å²) in [6.45, 7) is 0. The number of rotatable bonds is 5.